The Hall–Kier alpha value is -2.10. The van der Waals surface area contributed by atoms with Crippen molar-refractivity contribution in [2.75, 3.05) is 23.3 Å². The SMILES string of the molecule is CC(C)c1cccc(C(C)C)c1Nc1nccc(N2CCCCC2)n1. The molecule has 1 aliphatic rings. The van der Waals surface area contributed by atoms with Crippen molar-refractivity contribution in [3.05, 3.63) is 41.6 Å². The van der Waals surface area contributed by atoms with E-state index in [-0.39, 0.29) is 0 Å². The van der Waals surface area contributed by atoms with Gasteiger partial charge in [0.15, 0.2) is 0 Å². The van der Waals surface area contributed by atoms with Crippen LogP contribution in [0, 0.1) is 0 Å². The molecule has 1 saturated heterocycles. The van der Waals surface area contributed by atoms with Crippen LogP contribution in [0.25, 0.3) is 0 Å². The fourth-order valence-corrected chi connectivity index (χ4v) is 3.52. The highest BCUT2D eigenvalue weighted by Crippen LogP contribution is 2.34. The molecule has 1 aromatic heterocycles. The van der Waals surface area contributed by atoms with Crippen molar-refractivity contribution in [3.63, 3.8) is 0 Å². The predicted octanol–water partition coefficient (Wildman–Crippen LogP) is 5.46. The molecule has 1 aliphatic heterocycles. The summed E-state index contributed by atoms with van der Waals surface area (Å²) in [6.07, 6.45) is 5.69. The Morgan fingerprint density at radius 2 is 1.56 bits per heavy atom. The van der Waals surface area contributed by atoms with Gasteiger partial charge in [0.25, 0.3) is 0 Å². The molecule has 25 heavy (non-hydrogen) atoms. The molecule has 0 bridgehead atoms. The van der Waals surface area contributed by atoms with Crippen LogP contribution in [0.15, 0.2) is 30.5 Å². The van der Waals surface area contributed by atoms with E-state index < -0.39 is 0 Å². The average Bonchev–Trinajstić information content (AvgIpc) is 2.62. The largest absolute Gasteiger partial charge is 0.356 e. The predicted molar refractivity (Wildman–Crippen MR) is 106 cm³/mol. The third-order valence-corrected chi connectivity index (χ3v) is 4.93. The van der Waals surface area contributed by atoms with Gasteiger partial charge in [-0.3, -0.25) is 0 Å². The topological polar surface area (TPSA) is 41.1 Å². The molecule has 3 rings (SSSR count). The molecule has 0 atom stereocenters. The number of piperidine rings is 1. The van der Waals surface area contributed by atoms with E-state index in [1.165, 1.54) is 36.1 Å². The summed E-state index contributed by atoms with van der Waals surface area (Å²) in [5.74, 6) is 2.63. The van der Waals surface area contributed by atoms with Crippen LogP contribution in [0.3, 0.4) is 0 Å². The molecule has 0 radical (unpaired) electrons. The molecule has 0 unspecified atom stereocenters. The normalized spacial score (nSPS) is 15.0. The number of hydrogen-bond acceptors (Lipinski definition) is 4. The van der Waals surface area contributed by atoms with Crippen molar-refractivity contribution in [2.24, 2.45) is 0 Å². The quantitative estimate of drug-likeness (QED) is 0.786. The van der Waals surface area contributed by atoms with E-state index in [9.17, 15) is 0 Å². The third-order valence-electron chi connectivity index (χ3n) is 4.93. The average molecular weight is 338 g/mol. The Morgan fingerprint density at radius 1 is 0.920 bits per heavy atom. The number of aromatic nitrogens is 2. The maximum Gasteiger partial charge on any atom is 0.229 e. The minimum Gasteiger partial charge on any atom is -0.356 e. The first kappa shape index (κ1) is 17.7. The van der Waals surface area contributed by atoms with Crippen LogP contribution in [0.1, 0.15) is 69.9 Å². The lowest BCUT2D eigenvalue weighted by molar-refractivity contribution is 0.573. The molecule has 2 aromatic rings. The lowest BCUT2D eigenvalue weighted by Gasteiger charge is -2.28. The van der Waals surface area contributed by atoms with E-state index in [0.29, 0.717) is 17.8 Å². The van der Waals surface area contributed by atoms with Crippen LogP contribution in [0.4, 0.5) is 17.5 Å². The van der Waals surface area contributed by atoms with Crippen LogP contribution in [0.5, 0.6) is 0 Å². The summed E-state index contributed by atoms with van der Waals surface area (Å²) in [6, 6.07) is 8.58. The molecule has 4 nitrogen and oxygen atoms in total. The molecular weight excluding hydrogens is 308 g/mol. The second-order valence-electron chi connectivity index (χ2n) is 7.53. The van der Waals surface area contributed by atoms with Crippen LogP contribution in [0.2, 0.25) is 0 Å². The highest BCUT2D eigenvalue weighted by Gasteiger charge is 2.16. The number of rotatable bonds is 5. The first-order valence-corrected chi connectivity index (χ1v) is 9.54. The van der Waals surface area contributed by atoms with Gasteiger partial charge in [0.1, 0.15) is 5.82 Å². The highest BCUT2D eigenvalue weighted by molar-refractivity contribution is 5.66. The van der Waals surface area contributed by atoms with E-state index >= 15 is 0 Å². The van der Waals surface area contributed by atoms with Gasteiger partial charge in [0, 0.05) is 25.0 Å². The standard InChI is InChI=1S/C21H30N4/c1-15(2)17-9-8-10-18(16(3)4)20(17)24-21-22-12-11-19(23-21)25-13-6-5-7-14-25/h8-12,15-16H,5-7,13-14H2,1-4H3,(H,22,23,24). The van der Waals surface area contributed by atoms with Gasteiger partial charge in [0.05, 0.1) is 0 Å². The zero-order valence-electron chi connectivity index (χ0n) is 15.9. The Kier molecular flexibility index (Phi) is 5.57. The summed E-state index contributed by atoms with van der Waals surface area (Å²) in [6.45, 7) is 11.1. The molecule has 1 N–H and O–H groups in total. The van der Waals surface area contributed by atoms with Crippen LogP contribution in [-0.4, -0.2) is 23.1 Å². The fraction of sp³-hybridized carbons (Fsp3) is 0.524. The van der Waals surface area contributed by atoms with Crippen LogP contribution < -0.4 is 10.2 Å². The van der Waals surface area contributed by atoms with Crippen molar-refractivity contribution < 1.29 is 0 Å². The minimum absolute atomic E-state index is 0.450. The van der Waals surface area contributed by atoms with Crippen molar-refractivity contribution in [3.8, 4) is 0 Å². The molecule has 0 saturated carbocycles. The van der Waals surface area contributed by atoms with E-state index in [1.807, 2.05) is 12.3 Å². The van der Waals surface area contributed by atoms with E-state index in [2.05, 4.69) is 61.1 Å². The summed E-state index contributed by atoms with van der Waals surface area (Å²) in [7, 11) is 0. The van der Waals surface area contributed by atoms with Gasteiger partial charge in [-0.1, -0.05) is 45.9 Å². The molecule has 2 heterocycles. The van der Waals surface area contributed by atoms with E-state index in [4.69, 9.17) is 4.98 Å². The number of benzene rings is 1. The lowest BCUT2D eigenvalue weighted by Crippen LogP contribution is -2.30. The zero-order chi connectivity index (χ0) is 17.8. The first-order valence-electron chi connectivity index (χ1n) is 9.54. The monoisotopic (exact) mass is 338 g/mol. The van der Waals surface area contributed by atoms with Crippen molar-refractivity contribution in [1.29, 1.82) is 0 Å². The van der Waals surface area contributed by atoms with Gasteiger partial charge in [-0.2, -0.15) is 4.98 Å². The van der Waals surface area contributed by atoms with Crippen LogP contribution in [-0.2, 0) is 0 Å². The summed E-state index contributed by atoms with van der Waals surface area (Å²) < 4.78 is 0. The van der Waals surface area contributed by atoms with Gasteiger partial charge < -0.3 is 10.2 Å². The lowest BCUT2D eigenvalue weighted by atomic mass is 9.93. The zero-order valence-corrected chi connectivity index (χ0v) is 15.9. The smallest absolute Gasteiger partial charge is 0.229 e. The van der Waals surface area contributed by atoms with Crippen molar-refractivity contribution in [2.45, 2.75) is 58.8 Å². The first-order chi connectivity index (χ1) is 12.1. The molecule has 0 aliphatic carbocycles. The van der Waals surface area contributed by atoms with Crippen LogP contribution >= 0.6 is 0 Å². The second kappa shape index (κ2) is 7.85. The van der Waals surface area contributed by atoms with Crippen molar-refractivity contribution >= 4 is 17.5 Å². The number of hydrogen-bond donors (Lipinski definition) is 1. The van der Waals surface area contributed by atoms with Gasteiger partial charge >= 0.3 is 0 Å². The van der Waals surface area contributed by atoms with Gasteiger partial charge in [-0.05, 0) is 48.3 Å². The summed E-state index contributed by atoms with van der Waals surface area (Å²) >= 11 is 0. The second-order valence-corrected chi connectivity index (χ2v) is 7.53. The molecule has 134 valence electrons. The van der Waals surface area contributed by atoms with E-state index in [1.54, 1.807) is 0 Å². The Morgan fingerprint density at radius 3 is 2.16 bits per heavy atom. The van der Waals surface area contributed by atoms with Crippen molar-refractivity contribution in [1.82, 2.24) is 9.97 Å². The molecule has 1 aromatic carbocycles. The maximum atomic E-state index is 4.80. The Balaban J connectivity index is 1.92. The third kappa shape index (κ3) is 4.12. The molecule has 0 spiro atoms. The molecular formula is C21H30N4. The Labute approximate surface area is 151 Å². The Bertz CT molecular complexity index is 677. The minimum atomic E-state index is 0.450. The summed E-state index contributed by atoms with van der Waals surface area (Å²) in [4.78, 5) is 11.6. The number of para-hydroxylation sites is 1. The summed E-state index contributed by atoms with van der Waals surface area (Å²) in [5.41, 5.74) is 3.81. The number of anilines is 3. The van der Waals surface area contributed by atoms with Gasteiger partial charge in [-0.15, -0.1) is 0 Å². The van der Waals surface area contributed by atoms with Gasteiger partial charge in [0.2, 0.25) is 5.95 Å². The molecule has 1 fully saturated rings. The fourth-order valence-electron chi connectivity index (χ4n) is 3.52. The summed E-state index contributed by atoms with van der Waals surface area (Å²) in [5, 5.41) is 3.53. The number of nitrogens with zero attached hydrogens (tertiary/aromatic N) is 3. The number of nitrogens with one attached hydrogen (secondary N) is 1. The highest BCUT2D eigenvalue weighted by atomic mass is 15.2. The molecule has 0 amide bonds. The molecule has 4 heteroatoms. The van der Waals surface area contributed by atoms with E-state index in [0.717, 1.165) is 18.9 Å². The maximum absolute atomic E-state index is 4.80. The van der Waals surface area contributed by atoms with Gasteiger partial charge in [-0.25, -0.2) is 4.98 Å².